The summed E-state index contributed by atoms with van der Waals surface area (Å²) in [6, 6.07) is 23.4. The molecular weight excluding hydrogens is 558 g/mol. The third-order valence-corrected chi connectivity index (χ3v) is 7.44. The number of ether oxygens (including phenoxy) is 1. The summed E-state index contributed by atoms with van der Waals surface area (Å²) in [6.07, 6.45) is 1.51. The van der Waals surface area contributed by atoms with Crippen molar-refractivity contribution in [2.45, 2.75) is 63.3 Å². The van der Waals surface area contributed by atoms with E-state index in [9.17, 15) is 14.4 Å². The second-order valence-corrected chi connectivity index (χ2v) is 11.8. The summed E-state index contributed by atoms with van der Waals surface area (Å²) in [5, 5.41) is 21.5. The maximum Gasteiger partial charge on any atom is 0.320 e. The molecule has 0 aliphatic carbocycles. The smallest absolute Gasteiger partial charge is 0.320 e. The minimum absolute atomic E-state index is 0.0686. The normalized spacial score (nSPS) is 16.7. The van der Waals surface area contributed by atoms with Gasteiger partial charge in [0.25, 0.3) is 0 Å². The molecule has 10 heteroatoms. The van der Waals surface area contributed by atoms with Crippen LogP contribution in [0.5, 0.6) is 0 Å². The summed E-state index contributed by atoms with van der Waals surface area (Å²) >= 11 is 0. The van der Waals surface area contributed by atoms with Crippen LogP contribution in [0.1, 0.15) is 67.8 Å². The second-order valence-electron chi connectivity index (χ2n) is 11.8. The van der Waals surface area contributed by atoms with Crippen molar-refractivity contribution in [3.8, 4) is 0 Å². The van der Waals surface area contributed by atoms with Gasteiger partial charge in [-0.1, -0.05) is 90.1 Å². The molecule has 1 heterocycles. The number of hydrogen-bond acceptors (Lipinski definition) is 8. The number of benzene rings is 3. The Morgan fingerprint density at radius 3 is 2.05 bits per heavy atom. The number of carbonyl (C=O) groups is 3. The monoisotopic (exact) mass is 599 g/mol. The maximum absolute atomic E-state index is 14.4. The van der Waals surface area contributed by atoms with Gasteiger partial charge in [0, 0.05) is 11.5 Å². The predicted molar refractivity (Wildman–Crippen MR) is 168 cm³/mol. The van der Waals surface area contributed by atoms with Crippen molar-refractivity contribution in [2.75, 3.05) is 13.1 Å². The van der Waals surface area contributed by atoms with E-state index >= 15 is 0 Å². The first-order valence-electron chi connectivity index (χ1n) is 14.8. The highest BCUT2D eigenvalue weighted by Crippen LogP contribution is 2.30. The fraction of sp³-hybridized carbons (Fsp3) is 0.353. The Morgan fingerprint density at radius 1 is 0.955 bits per heavy atom. The largest absolute Gasteiger partial charge is 0.459 e. The number of nitrogens with one attached hydrogen (secondary N) is 3. The zero-order valence-corrected chi connectivity index (χ0v) is 25.3. The van der Waals surface area contributed by atoms with Gasteiger partial charge in [0.15, 0.2) is 11.6 Å². The topological polar surface area (TPSA) is 155 Å². The first kappa shape index (κ1) is 32.4. The standard InChI is InChI=1S/C34H41N5O5/c1-34(2,3)44-27(40)21-37-30(28(22-11-6-4-7-12-22)23-13-8-5-9-14-23)33(42)38-29(31(41)26-15-10-20-36-26)24-16-18-25(19-17-24)32(35)39-43/h4-9,11-14,16-19,26,28-30,36-37,43H,10,15,20-21H2,1-3H3,(H2,35,39)(H,38,42)/t26-,29?,30+/m0/s1. The number of oxime groups is 1. The number of nitrogens with zero attached hydrogens (tertiary/aromatic N) is 1. The van der Waals surface area contributed by atoms with Crippen LogP contribution >= 0.6 is 0 Å². The molecular formula is C34H41N5O5. The average Bonchev–Trinajstić information content (AvgIpc) is 3.56. The van der Waals surface area contributed by atoms with Gasteiger partial charge in [-0.2, -0.15) is 0 Å². The first-order chi connectivity index (χ1) is 21.1. The molecule has 44 heavy (non-hydrogen) atoms. The van der Waals surface area contributed by atoms with Gasteiger partial charge in [-0.3, -0.25) is 19.7 Å². The zero-order valence-electron chi connectivity index (χ0n) is 25.3. The number of hydrogen-bond donors (Lipinski definition) is 5. The lowest BCUT2D eigenvalue weighted by Crippen LogP contribution is -2.53. The predicted octanol–water partition coefficient (Wildman–Crippen LogP) is 3.39. The summed E-state index contributed by atoms with van der Waals surface area (Å²) in [5.41, 5.74) is 7.79. The van der Waals surface area contributed by atoms with Gasteiger partial charge < -0.3 is 26.3 Å². The lowest BCUT2D eigenvalue weighted by Gasteiger charge is -2.31. The number of esters is 1. The van der Waals surface area contributed by atoms with E-state index in [2.05, 4.69) is 21.1 Å². The molecule has 1 unspecified atom stereocenters. The molecule has 3 aromatic carbocycles. The van der Waals surface area contributed by atoms with Crippen molar-refractivity contribution in [1.82, 2.24) is 16.0 Å². The van der Waals surface area contributed by atoms with Crippen LogP contribution in [0.25, 0.3) is 0 Å². The number of ketones is 1. The van der Waals surface area contributed by atoms with Gasteiger partial charge in [0.05, 0.1) is 18.6 Å². The molecule has 4 rings (SSSR count). The molecule has 10 nitrogen and oxygen atoms in total. The van der Waals surface area contributed by atoms with Crippen LogP contribution in [0.2, 0.25) is 0 Å². The summed E-state index contributed by atoms with van der Waals surface area (Å²) < 4.78 is 5.52. The molecule has 232 valence electrons. The quantitative estimate of drug-likeness (QED) is 0.0698. The van der Waals surface area contributed by atoms with Crippen molar-refractivity contribution in [2.24, 2.45) is 10.9 Å². The third-order valence-electron chi connectivity index (χ3n) is 7.44. The minimum atomic E-state index is -0.988. The lowest BCUT2D eigenvalue weighted by atomic mass is 9.84. The molecule has 6 N–H and O–H groups in total. The Balaban J connectivity index is 1.72. The molecule has 1 fully saturated rings. The third kappa shape index (κ3) is 8.52. The van der Waals surface area contributed by atoms with Gasteiger partial charge in [-0.15, -0.1) is 0 Å². The van der Waals surface area contributed by atoms with Gasteiger partial charge in [0.2, 0.25) is 5.91 Å². The van der Waals surface area contributed by atoms with E-state index < -0.39 is 41.5 Å². The Labute approximate surface area is 258 Å². The molecule has 0 saturated carbocycles. The van der Waals surface area contributed by atoms with Crippen LogP contribution in [0.4, 0.5) is 0 Å². The average molecular weight is 600 g/mol. The molecule has 1 aliphatic rings. The number of amides is 1. The Kier molecular flexibility index (Phi) is 10.9. The molecule has 3 atom stereocenters. The molecule has 0 aromatic heterocycles. The molecule has 1 saturated heterocycles. The van der Waals surface area contributed by atoms with Crippen LogP contribution in [0.15, 0.2) is 90.1 Å². The maximum atomic E-state index is 14.4. The molecule has 0 radical (unpaired) electrons. The van der Waals surface area contributed by atoms with E-state index in [4.69, 9.17) is 15.7 Å². The van der Waals surface area contributed by atoms with E-state index in [1.165, 1.54) is 0 Å². The van der Waals surface area contributed by atoms with Crippen molar-refractivity contribution in [1.29, 1.82) is 0 Å². The van der Waals surface area contributed by atoms with Crippen LogP contribution in [0, 0.1) is 0 Å². The Hall–Kier alpha value is -4.54. The van der Waals surface area contributed by atoms with Crippen LogP contribution in [-0.4, -0.2) is 59.5 Å². The van der Waals surface area contributed by atoms with Crippen LogP contribution < -0.4 is 21.7 Å². The Morgan fingerprint density at radius 2 is 1.55 bits per heavy atom. The Bertz CT molecular complexity index is 1390. The van der Waals surface area contributed by atoms with Crippen molar-refractivity contribution < 1.29 is 24.3 Å². The molecule has 3 aromatic rings. The minimum Gasteiger partial charge on any atom is -0.459 e. The first-order valence-corrected chi connectivity index (χ1v) is 14.8. The second kappa shape index (κ2) is 14.8. The van der Waals surface area contributed by atoms with Crippen molar-refractivity contribution >= 4 is 23.5 Å². The number of Topliss-reactive ketones (excluding diaryl/α,β-unsaturated/α-hetero) is 1. The van der Waals surface area contributed by atoms with Crippen LogP contribution in [-0.2, 0) is 19.1 Å². The van der Waals surface area contributed by atoms with Crippen molar-refractivity contribution in [3.05, 3.63) is 107 Å². The molecule has 0 spiro atoms. The number of nitrogens with two attached hydrogens (primary N) is 1. The fourth-order valence-corrected chi connectivity index (χ4v) is 5.41. The summed E-state index contributed by atoms with van der Waals surface area (Å²) in [5.74, 6) is -1.70. The van der Waals surface area contributed by atoms with Gasteiger partial charge in [0.1, 0.15) is 11.6 Å². The van der Waals surface area contributed by atoms with Gasteiger partial charge in [-0.25, -0.2) is 0 Å². The summed E-state index contributed by atoms with van der Waals surface area (Å²) in [6.45, 7) is 5.84. The van der Waals surface area contributed by atoms with E-state index in [0.717, 1.165) is 17.5 Å². The lowest BCUT2D eigenvalue weighted by molar-refractivity contribution is -0.153. The summed E-state index contributed by atoms with van der Waals surface area (Å²) in [7, 11) is 0. The summed E-state index contributed by atoms with van der Waals surface area (Å²) in [4.78, 5) is 41.0. The van der Waals surface area contributed by atoms with Gasteiger partial charge in [-0.05, 0) is 56.8 Å². The van der Waals surface area contributed by atoms with E-state index in [1.807, 2.05) is 60.7 Å². The number of amidine groups is 1. The number of rotatable bonds is 12. The highest BCUT2D eigenvalue weighted by molar-refractivity contribution is 5.98. The van der Waals surface area contributed by atoms with E-state index in [1.54, 1.807) is 45.0 Å². The highest BCUT2D eigenvalue weighted by Gasteiger charge is 2.36. The molecule has 1 aliphatic heterocycles. The SMILES string of the molecule is CC(C)(C)OC(=O)CN[C@@H](C(=O)NC(C(=O)[C@@H]1CCCN1)c1ccc(C(N)=NO)cc1)C(c1ccccc1)c1ccccc1. The zero-order chi connectivity index (χ0) is 31.7. The van der Waals surface area contributed by atoms with Gasteiger partial charge >= 0.3 is 5.97 Å². The van der Waals surface area contributed by atoms with E-state index in [0.29, 0.717) is 24.1 Å². The van der Waals surface area contributed by atoms with Crippen molar-refractivity contribution in [3.63, 3.8) is 0 Å². The highest BCUT2D eigenvalue weighted by atomic mass is 16.6. The number of carbonyl (C=O) groups excluding carboxylic acids is 3. The molecule has 1 amide bonds. The van der Waals surface area contributed by atoms with Crippen LogP contribution in [0.3, 0.4) is 0 Å². The van der Waals surface area contributed by atoms with E-state index in [-0.39, 0.29) is 18.2 Å². The fourth-order valence-electron chi connectivity index (χ4n) is 5.41. The molecule has 0 bridgehead atoms.